The fraction of sp³-hybridized carbons (Fsp3) is 0.500. The van der Waals surface area contributed by atoms with Crippen molar-refractivity contribution >= 4 is 48.5 Å². The lowest BCUT2D eigenvalue weighted by atomic mass is 9.98. The first-order valence-electron chi connectivity index (χ1n) is 11.7. The second-order valence-corrected chi connectivity index (χ2v) is 16.2. The molecule has 178 valence electrons. The summed E-state index contributed by atoms with van der Waals surface area (Å²) < 4.78 is 20.5. The van der Waals surface area contributed by atoms with Crippen molar-refractivity contribution in [3.05, 3.63) is 58.0 Å². The van der Waals surface area contributed by atoms with Crippen LogP contribution >= 0.6 is 23.8 Å². The summed E-state index contributed by atoms with van der Waals surface area (Å²) in [5.74, 6) is 0.301. The minimum Gasteiger partial charge on any atom is -0.408 e. The van der Waals surface area contributed by atoms with Crippen molar-refractivity contribution in [2.45, 2.75) is 84.0 Å². The minimum absolute atomic E-state index is 0.0737. The van der Waals surface area contributed by atoms with Crippen LogP contribution in [0.2, 0.25) is 21.6 Å². The molecule has 0 radical (unpaired) electrons. The lowest BCUT2D eigenvalue weighted by molar-refractivity contribution is 0.248. The van der Waals surface area contributed by atoms with Crippen molar-refractivity contribution in [2.75, 3.05) is 0 Å². The molecule has 1 aliphatic rings. The molecule has 3 nitrogen and oxygen atoms in total. The number of pyridine rings is 1. The molecular formula is C26H34ClFN2OSSi. The molecule has 0 aliphatic carbocycles. The van der Waals surface area contributed by atoms with E-state index in [1.807, 2.05) is 6.07 Å². The molecule has 1 unspecified atom stereocenters. The van der Waals surface area contributed by atoms with E-state index in [-0.39, 0.29) is 11.1 Å². The van der Waals surface area contributed by atoms with E-state index in [0.29, 0.717) is 29.5 Å². The molecule has 1 aromatic heterocycles. The number of fused-ring (bicyclic) bond motifs is 1. The quantitative estimate of drug-likeness (QED) is 0.197. The van der Waals surface area contributed by atoms with E-state index in [9.17, 15) is 4.39 Å². The molecule has 0 fully saturated rings. The highest BCUT2D eigenvalue weighted by Gasteiger charge is 2.46. The van der Waals surface area contributed by atoms with Crippen LogP contribution in [0.25, 0.3) is 0 Å². The number of hydrogen-bond donors (Lipinski definition) is 0. The molecule has 1 aromatic carbocycles. The lowest BCUT2D eigenvalue weighted by Crippen LogP contribution is -2.51. The van der Waals surface area contributed by atoms with Gasteiger partial charge in [-0.2, -0.15) is 0 Å². The monoisotopic (exact) mass is 504 g/mol. The smallest absolute Gasteiger partial charge is 0.201 e. The van der Waals surface area contributed by atoms with Crippen molar-refractivity contribution in [1.29, 1.82) is 0 Å². The summed E-state index contributed by atoms with van der Waals surface area (Å²) in [6.07, 6.45) is 2.88. The van der Waals surface area contributed by atoms with Gasteiger partial charge in [0.05, 0.1) is 16.8 Å². The van der Waals surface area contributed by atoms with Crippen molar-refractivity contribution in [3.63, 3.8) is 0 Å². The molecule has 2 heterocycles. The minimum atomic E-state index is -2.03. The van der Waals surface area contributed by atoms with Crippen LogP contribution in [0.4, 0.5) is 10.2 Å². The zero-order valence-corrected chi connectivity index (χ0v) is 23.1. The third-order valence-corrected chi connectivity index (χ3v) is 13.7. The van der Waals surface area contributed by atoms with Crippen LogP contribution in [-0.4, -0.2) is 30.0 Å². The molecule has 0 N–H and O–H groups in total. The van der Waals surface area contributed by atoms with Gasteiger partial charge in [-0.3, -0.25) is 0 Å². The van der Waals surface area contributed by atoms with Crippen molar-refractivity contribution < 1.29 is 8.82 Å². The molecule has 7 heteroatoms. The first kappa shape index (κ1) is 26.1. The van der Waals surface area contributed by atoms with Gasteiger partial charge in [0.15, 0.2) is 5.82 Å². The van der Waals surface area contributed by atoms with E-state index in [4.69, 9.17) is 33.2 Å². The van der Waals surface area contributed by atoms with Crippen LogP contribution in [0.15, 0.2) is 35.5 Å². The highest BCUT2D eigenvalue weighted by Crippen LogP contribution is 2.43. The topological polar surface area (TPSA) is 34.5 Å². The van der Waals surface area contributed by atoms with E-state index < -0.39 is 14.1 Å². The number of benzene rings is 1. The van der Waals surface area contributed by atoms with Gasteiger partial charge in [0, 0.05) is 29.5 Å². The van der Waals surface area contributed by atoms with Gasteiger partial charge in [-0.1, -0.05) is 71.4 Å². The Hall–Kier alpha value is -1.47. The summed E-state index contributed by atoms with van der Waals surface area (Å²) in [5, 5.41) is 0.111. The standard InChI is InChI=1S/C26H34ClFN2OSSi/c1-15(2)33(16(3)4,17(5)6)31-18(7)24-14-21-20(10-11-29-26(21)30-24)25(32)13-19-8-9-23(28)22(27)12-19/h8-12,15-18H,13-14H2,1-7H3. The second-order valence-electron chi connectivity index (χ2n) is 9.87. The van der Waals surface area contributed by atoms with Gasteiger partial charge in [0.1, 0.15) is 5.82 Å². The summed E-state index contributed by atoms with van der Waals surface area (Å²) in [6, 6.07) is 6.69. The fourth-order valence-electron chi connectivity index (χ4n) is 5.32. The largest absolute Gasteiger partial charge is 0.408 e. The van der Waals surface area contributed by atoms with Gasteiger partial charge in [-0.15, -0.1) is 0 Å². The summed E-state index contributed by atoms with van der Waals surface area (Å²) >= 11 is 11.7. The summed E-state index contributed by atoms with van der Waals surface area (Å²) in [6.45, 7) is 15.9. The molecule has 0 saturated carbocycles. The number of hydrogen-bond acceptors (Lipinski definition) is 4. The molecule has 0 saturated heterocycles. The normalized spacial score (nSPS) is 14.7. The van der Waals surface area contributed by atoms with E-state index in [1.54, 1.807) is 18.3 Å². The summed E-state index contributed by atoms with van der Waals surface area (Å²) in [5.41, 5.74) is 5.44. The Morgan fingerprint density at radius 1 is 1.09 bits per heavy atom. The maximum absolute atomic E-state index is 13.5. The maximum atomic E-state index is 13.5. The second kappa shape index (κ2) is 10.4. The summed E-state index contributed by atoms with van der Waals surface area (Å²) in [4.78, 5) is 10.1. The van der Waals surface area contributed by atoms with Crippen molar-refractivity contribution in [3.8, 4) is 0 Å². The number of aromatic nitrogens is 1. The number of halogens is 2. The van der Waals surface area contributed by atoms with Crippen LogP contribution in [0.3, 0.4) is 0 Å². The van der Waals surface area contributed by atoms with Crippen LogP contribution in [0.1, 0.15) is 65.2 Å². The van der Waals surface area contributed by atoms with Gasteiger partial charge in [-0.25, -0.2) is 14.4 Å². The Morgan fingerprint density at radius 2 is 1.73 bits per heavy atom. The molecule has 0 bridgehead atoms. The molecule has 0 amide bonds. The Kier molecular flexibility index (Phi) is 8.26. The average Bonchev–Trinajstić information content (AvgIpc) is 3.18. The molecule has 3 rings (SSSR count). The predicted octanol–water partition coefficient (Wildman–Crippen LogP) is 8.04. The maximum Gasteiger partial charge on any atom is 0.201 e. The van der Waals surface area contributed by atoms with E-state index in [0.717, 1.165) is 33.1 Å². The lowest BCUT2D eigenvalue weighted by Gasteiger charge is -2.44. The molecular weight excluding hydrogens is 471 g/mol. The van der Waals surface area contributed by atoms with Gasteiger partial charge >= 0.3 is 0 Å². The average molecular weight is 505 g/mol. The van der Waals surface area contributed by atoms with E-state index in [2.05, 4.69) is 53.5 Å². The van der Waals surface area contributed by atoms with Crippen molar-refractivity contribution in [2.24, 2.45) is 4.99 Å². The highest BCUT2D eigenvalue weighted by atomic mass is 35.5. The Labute approximate surface area is 209 Å². The third kappa shape index (κ3) is 5.29. The Bertz CT molecular complexity index is 1050. The predicted molar refractivity (Wildman–Crippen MR) is 143 cm³/mol. The Morgan fingerprint density at radius 3 is 2.30 bits per heavy atom. The zero-order chi connectivity index (χ0) is 24.5. The molecule has 2 aromatic rings. The molecule has 1 aliphatic heterocycles. The SMILES string of the molecule is CC(O[Si](C(C)C)(C(C)C)C(C)C)C1=Nc2nccc(C(=S)Cc3ccc(F)c(Cl)c3)c2C1. The van der Waals surface area contributed by atoms with Crippen molar-refractivity contribution in [1.82, 2.24) is 4.98 Å². The molecule has 33 heavy (non-hydrogen) atoms. The molecule has 1 atom stereocenters. The van der Waals surface area contributed by atoms with E-state index >= 15 is 0 Å². The zero-order valence-electron chi connectivity index (χ0n) is 20.6. The van der Waals surface area contributed by atoms with Crippen LogP contribution < -0.4 is 0 Å². The summed E-state index contributed by atoms with van der Waals surface area (Å²) in [7, 11) is -2.03. The number of nitrogens with zero attached hydrogens (tertiary/aromatic N) is 2. The number of aliphatic imine (C=N–C) groups is 1. The van der Waals surface area contributed by atoms with Gasteiger partial charge in [0.25, 0.3) is 0 Å². The number of thiocarbonyl (C=S) groups is 1. The van der Waals surface area contributed by atoms with Gasteiger partial charge < -0.3 is 4.43 Å². The van der Waals surface area contributed by atoms with Crippen LogP contribution in [0.5, 0.6) is 0 Å². The van der Waals surface area contributed by atoms with Crippen LogP contribution in [-0.2, 0) is 17.3 Å². The van der Waals surface area contributed by atoms with Crippen LogP contribution in [0, 0.1) is 5.82 Å². The van der Waals surface area contributed by atoms with Gasteiger partial charge in [-0.05, 0) is 52.9 Å². The fourth-order valence-corrected chi connectivity index (χ4v) is 11.4. The first-order chi connectivity index (χ1) is 15.5. The van der Waals surface area contributed by atoms with Gasteiger partial charge in [0.2, 0.25) is 8.32 Å². The first-order valence-corrected chi connectivity index (χ1v) is 14.6. The highest BCUT2D eigenvalue weighted by molar-refractivity contribution is 7.80. The Balaban J connectivity index is 1.81. The molecule has 0 spiro atoms. The van der Waals surface area contributed by atoms with E-state index in [1.165, 1.54) is 6.07 Å². The third-order valence-electron chi connectivity index (χ3n) is 6.85. The number of rotatable bonds is 9.